The Bertz CT molecular complexity index is 396. The molecule has 2 aliphatic rings. The van der Waals surface area contributed by atoms with E-state index in [0.29, 0.717) is 4.75 Å². The number of thioether (sulfide) groups is 1. The molecule has 1 aromatic rings. The first kappa shape index (κ1) is 10.7. The van der Waals surface area contributed by atoms with Crippen LogP contribution in [-0.4, -0.2) is 11.3 Å². The second kappa shape index (κ2) is 4.08. The van der Waals surface area contributed by atoms with Gasteiger partial charge in [-0.3, -0.25) is 0 Å². The van der Waals surface area contributed by atoms with Crippen LogP contribution in [0.3, 0.4) is 0 Å². The van der Waals surface area contributed by atoms with Crippen molar-refractivity contribution < 1.29 is 0 Å². The van der Waals surface area contributed by atoms with E-state index in [2.05, 4.69) is 18.2 Å². The van der Waals surface area contributed by atoms with Crippen LogP contribution in [0, 0.1) is 0 Å². The molecule has 1 fully saturated rings. The summed E-state index contributed by atoms with van der Waals surface area (Å²) >= 11 is 2.00. The van der Waals surface area contributed by atoms with Crippen LogP contribution in [0.4, 0.5) is 0 Å². The first-order valence-corrected chi connectivity index (χ1v) is 7.14. The molecule has 3 rings (SSSR count). The maximum absolute atomic E-state index is 5.83. The Hall–Kier alpha value is -0.470. The summed E-state index contributed by atoms with van der Waals surface area (Å²) in [5, 5.41) is 0. The molecule has 0 radical (unpaired) electrons. The number of benzene rings is 1. The topological polar surface area (TPSA) is 26.0 Å². The summed E-state index contributed by atoms with van der Waals surface area (Å²) < 4.78 is 0.392. The second-order valence-electron chi connectivity index (χ2n) is 5.13. The SMILES string of the molecule is NCC1(Sc2ccc3c(c2)CCCC3)CC1. The Labute approximate surface area is 102 Å². The minimum atomic E-state index is 0.392. The van der Waals surface area contributed by atoms with Crippen LogP contribution in [0.25, 0.3) is 0 Å². The normalized spacial score (nSPS) is 21.6. The molecular formula is C14H19NS. The lowest BCUT2D eigenvalue weighted by atomic mass is 9.92. The van der Waals surface area contributed by atoms with Gasteiger partial charge in [0.25, 0.3) is 0 Å². The van der Waals surface area contributed by atoms with Gasteiger partial charge in [0.2, 0.25) is 0 Å². The lowest BCUT2D eigenvalue weighted by Gasteiger charge is -2.18. The van der Waals surface area contributed by atoms with Gasteiger partial charge in [0.15, 0.2) is 0 Å². The number of fused-ring (bicyclic) bond motifs is 1. The highest BCUT2D eigenvalue weighted by Gasteiger charge is 2.42. The standard InChI is InChI=1S/C14H19NS/c15-10-14(7-8-14)16-13-6-5-11-3-1-2-4-12(11)9-13/h5-6,9H,1-4,7-8,10,15H2. The van der Waals surface area contributed by atoms with E-state index in [1.165, 1.54) is 43.4 Å². The molecule has 0 bridgehead atoms. The van der Waals surface area contributed by atoms with E-state index in [-0.39, 0.29) is 0 Å². The molecule has 2 heteroatoms. The third kappa shape index (κ3) is 2.01. The fraction of sp³-hybridized carbons (Fsp3) is 0.571. The van der Waals surface area contributed by atoms with E-state index < -0.39 is 0 Å². The van der Waals surface area contributed by atoms with Crippen molar-refractivity contribution in [2.24, 2.45) is 5.73 Å². The van der Waals surface area contributed by atoms with Crippen LogP contribution in [0.2, 0.25) is 0 Å². The number of hydrogen-bond donors (Lipinski definition) is 1. The van der Waals surface area contributed by atoms with Gasteiger partial charge < -0.3 is 5.73 Å². The molecule has 0 amide bonds. The Morgan fingerprint density at radius 2 is 1.88 bits per heavy atom. The summed E-state index contributed by atoms with van der Waals surface area (Å²) in [6.07, 6.45) is 7.88. The minimum Gasteiger partial charge on any atom is -0.329 e. The van der Waals surface area contributed by atoms with E-state index in [9.17, 15) is 0 Å². The van der Waals surface area contributed by atoms with Crippen LogP contribution >= 0.6 is 11.8 Å². The molecule has 0 atom stereocenters. The molecule has 1 nitrogen and oxygen atoms in total. The Morgan fingerprint density at radius 3 is 2.56 bits per heavy atom. The summed E-state index contributed by atoms with van der Waals surface area (Å²) in [4.78, 5) is 1.43. The van der Waals surface area contributed by atoms with Gasteiger partial charge in [-0.05, 0) is 61.8 Å². The smallest absolute Gasteiger partial charge is 0.0330 e. The molecule has 1 aromatic carbocycles. The maximum atomic E-state index is 5.83. The largest absolute Gasteiger partial charge is 0.329 e. The van der Waals surface area contributed by atoms with Crippen LogP contribution in [0.15, 0.2) is 23.1 Å². The molecule has 0 saturated heterocycles. The van der Waals surface area contributed by atoms with Gasteiger partial charge in [0.05, 0.1) is 0 Å². The highest BCUT2D eigenvalue weighted by atomic mass is 32.2. The molecule has 0 spiro atoms. The van der Waals surface area contributed by atoms with Crippen molar-refractivity contribution in [1.29, 1.82) is 0 Å². The average Bonchev–Trinajstić information content (AvgIpc) is 3.09. The number of rotatable bonds is 3. The van der Waals surface area contributed by atoms with E-state index in [1.54, 1.807) is 11.1 Å². The Morgan fingerprint density at radius 1 is 1.12 bits per heavy atom. The molecule has 86 valence electrons. The third-order valence-corrected chi connectivity index (χ3v) is 5.33. The molecule has 2 N–H and O–H groups in total. The van der Waals surface area contributed by atoms with Gasteiger partial charge in [0.1, 0.15) is 0 Å². The molecular weight excluding hydrogens is 214 g/mol. The fourth-order valence-corrected chi connectivity index (χ4v) is 3.74. The Kier molecular flexibility index (Phi) is 2.72. The van der Waals surface area contributed by atoms with Crippen molar-refractivity contribution in [3.05, 3.63) is 29.3 Å². The lowest BCUT2D eigenvalue weighted by Crippen LogP contribution is -2.17. The predicted octanol–water partition coefficient (Wildman–Crippen LogP) is 3.15. The quantitative estimate of drug-likeness (QED) is 0.868. The molecule has 0 unspecified atom stereocenters. The van der Waals surface area contributed by atoms with Gasteiger partial charge in [-0.25, -0.2) is 0 Å². The summed E-state index contributed by atoms with van der Waals surface area (Å²) in [5.41, 5.74) is 9.00. The van der Waals surface area contributed by atoms with Gasteiger partial charge in [-0.1, -0.05) is 6.07 Å². The first-order chi connectivity index (χ1) is 7.81. The molecule has 16 heavy (non-hydrogen) atoms. The molecule has 1 saturated carbocycles. The first-order valence-electron chi connectivity index (χ1n) is 6.32. The van der Waals surface area contributed by atoms with Crippen molar-refractivity contribution in [3.8, 4) is 0 Å². The zero-order valence-electron chi connectivity index (χ0n) is 9.67. The average molecular weight is 233 g/mol. The summed E-state index contributed by atoms with van der Waals surface area (Å²) in [6.45, 7) is 0.828. The maximum Gasteiger partial charge on any atom is 0.0330 e. The van der Waals surface area contributed by atoms with E-state index in [0.717, 1.165) is 6.54 Å². The van der Waals surface area contributed by atoms with Gasteiger partial charge >= 0.3 is 0 Å². The molecule has 0 aliphatic heterocycles. The van der Waals surface area contributed by atoms with Crippen molar-refractivity contribution >= 4 is 11.8 Å². The van der Waals surface area contributed by atoms with Crippen molar-refractivity contribution in [1.82, 2.24) is 0 Å². The monoisotopic (exact) mass is 233 g/mol. The van der Waals surface area contributed by atoms with Crippen molar-refractivity contribution in [3.63, 3.8) is 0 Å². The summed E-state index contributed by atoms with van der Waals surface area (Å²) in [5.74, 6) is 0. The molecule has 0 heterocycles. The lowest BCUT2D eigenvalue weighted by molar-refractivity contribution is 0.683. The number of nitrogens with two attached hydrogens (primary N) is 1. The van der Waals surface area contributed by atoms with Gasteiger partial charge in [-0.2, -0.15) is 0 Å². The minimum absolute atomic E-state index is 0.392. The van der Waals surface area contributed by atoms with Crippen molar-refractivity contribution in [2.75, 3.05) is 6.54 Å². The number of hydrogen-bond acceptors (Lipinski definition) is 2. The van der Waals surface area contributed by atoms with Crippen LogP contribution < -0.4 is 5.73 Å². The van der Waals surface area contributed by atoms with Gasteiger partial charge in [0, 0.05) is 16.2 Å². The van der Waals surface area contributed by atoms with E-state index in [4.69, 9.17) is 5.73 Å². The fourth-order valence-electron chi connectivity index (χ4n) is 2.51. The van der Waals surface area contributed by atoms with Crippen LogP contribution in [-0.2, 0) is 12.8 Å². The number of aryl methyl sites for hydroxylation is 2. The Balaban J connectivity index is 1.80. The van der Waals surface area contributed by atoms with Crippen LogP contribution in [0.5, 0.6) is 0 Å². The van der Waals surface area contributed by atoms with E-state index >= 15 is 0 Å². The summed E-state index contributed by atoms with van der Waals surface area (Å²) in [6, 6.07) is 7.04. The van der Waals surface area contributed by atoms with Crippen molar-refractivity contribution in [2.45, 2.75) is 48.2 Å². The zero-order chi connectivity index (χ0) is 11.0. The molecule has 0 aromatic heterocycles. The highest BCUT2D eigenvalue weighted by molar-refractivity contribution is 8.01. The van der Waals surface area contributed by atoms with Crippen LogP contribution in [0.1, 0.15) is 36.8 Å². The third-order valence-electron chi connectivity index (χ3n) is 3.83. The van der Waals surface area contributed by atoms with Gasteiger partial charge in [-0.15, -0.1) is 11.8 Å². The highest BCUT2D eigenvalue weighted by Crippen LogP contribution is 2.51. The van der Waals surface area contributed by atoms with E-state index in [1.807, 2.05) is 11.8 Å². The summed E-state index contributed by atoms with van der Waals surface area (Å²) in [7, 11) is 0. The molecule has 2 aliphatic carbocycles. The predicted molar refractivity (Wildman–Crippen MR) is 70.0 cm³/mol. The zero-order valence-corrected chi connectivity index (χ0v) is 10.5. The second-order valence-corrected chi connectivity index (χ2v) is 6.67.